The highest BCUT2D eigenvalue weighted by molar-refractivity contribution is 7.71. The topological polar surface area (TPSA) is 90.0 Å². The zero-order valence-electron chi connectivity index (χ0n) is 18.0. The standard InChI is InChI=1S/C22H28FN3O4S/c1-4-30-22(28)16-19(27)14-9-15(23)18(25-8-7-12(10-25)11(2)24)20(29-3)17(14)26(21(16)31)13-5-6-13/h9,11-13,27H,4-8,10,24H2,1-3H3/t11-,12?/m0/s1. The van der Waals surface area contributed by atoms with Gasteiger partial charge >= 0.3 is 5.97 Å². The van der Waals surface area contributed by atoms with Gasteiger partial charge in [-0.1, -0.05) is 12.2 Å². The van der Waals surface area contributed by atoms with Gasteiger partial charge in [0.25, 0.3) is 0 Å². The van der Waals surface area contributed by atoms with Gasteiger partial charge in [-0.2, -0.15) is 0 Å². The molecule has 1 saturated carbocycles. The molecule has 0 amide bonds. The van der Waals surface area contributed by atoms with Gasteiger partial charge in [0, 0.05) is 30.6 Å². The van der Waals surface area contributed by atoms with Gasteiger partial charge in [-0.25, -0.2) is 9.18 Å². The molecule has 2 fully saturated rings. The summed E-state index contributed by atoms with van der Waals surface area (Å²) in [6.07, 6.45) is 2.62. The van der Waals surface area contributed by atoms with Crippen molar-refractivity contribution < 1.29 is 23.8 Å². The van der Waals surface area contributed by atoms with Crippen LogP contribution < -0.4 is 15.4 Å². The molecule has 7 nitrogen and oxygen atoms in total. The molecule has 168 valence electrons. The molecule has 2 heterocycles. The third-order valence-corrected chi connectivity index (χ3v) is 6.63. The van der Waals surface area contributed by atoms with Crippen LogP contribution in [0.2, 0.25) is 0 Å². The Morgan fingerprint density at radius 3 is 2.68 bits per heavy atom. The van der Waals surface area contributed by atoms with Crippen LogP contribution in [0.1, 0.15) is 49.5 Å². The molecule has 9 heteroatoms. The molecule has 1 unspecified atom stereocenters. The molecule has 1 aliphatic heterocycles. The summed E-state index contributed by atoms with van der Waals surface area (Å²) in [5, 5.41) is 11.1. The van der Waals surface area contributed by atoms with E-state index in [0.717, 1.165) is 19.3 Å². The molecule has 2 aliphatic rings. The zero-order chi connectivity index (χ0) is 22.4. The number of nitrogens with zero attached hydrogens (tertiary/aromatic N) is 2. The summed E-state index contributed by atoms with van der Waals surface area (Å²) in [5.74, 6) is -1.06. The second-order valence-electron chi connectivity index (χ2n) is 8.34. The van der Waals surface area contributed by atoms with Gasteiger partial charge in [-0.3, -0.25) is 0 Å². The zero-order valence-corrected chi connectivity index (χ0v) is 18.8. The van der Waals surface area contributed by atoms with Crippen molar-refractivity contribution in [2.45, 2.75) is 45.2 Å². The molecule has 2 aromatic rings. The fourth-order valence-corrected chi connectivity index (χ4v) is 4.88. The smallest absolute Gasteiger partial charge is 0.344 e. The maximum atomic E-state index is 15.4. The van der Waals surface area contributed by atoms with Crippen molar-refractivity contribution in [2.75, 3.05) is 31.7 Å². The largest absolute Gasteiger partial charge is 0.506 e. The Kier molecular flexibility index (Phi) is 5.83. The third kappa shape index (κ3) is 3.63. The quantitative estimate of drug-likeness (QED) is 0.510. The summed E-state index contributed by atoms with van der Waals surface area (Å²) in [7, 11) is 1.48. The third-order valence-electron chi connectivity index (χ3n) is 6.23. The number of rotatable bonds is 6. The Hall–Kier alpha value is -2.39. The maximum absolute atomic E-state index is 15.4. The van der Waals surface area contributed by atoms with E-state index in [9.17, 15) is 9.90 Å². The van der Waals surface area contributed by atoms with Crippen LogP contribution in [0.5, 0.6) is 11.5 Å². The molecule has 1 saturated heterocycles. The van der Waals surface area contributed by atoms with Gasteiger partial charge < -0.3 is 29.8 Å². The summed E-state index contributed by atoms with van der Waals surface area (Å²) in [6.45, 7) is 5.05. The van der Waals surface area contributed by atoms with Gasteiger partial charge in [0.2, 0.25) is 0 Å². The molecule has 3 N–H and O–H groups in total. The number of benzene rings is 1. The van der Waals surface area contributed by atoms with E-state index in [1.807, 2.05) is 16.4 Å². The van der Waals surface area contributed by atoms with Crippen molar-refractivity contribution >= 4 is 34.8 Å². The monoisotopic (exact) mass is 449 g/mol. The van der Waals surface area contributed by atoms with Crippen LogP contribution in [0, 0.1) is 16.4 Å². The van der Waals surface area contributed by atoms with Crippen molar-refractivity contribution in [3.8, 4) is 11.5 Å². The minimum Gasteiger partial charge on any atom is -0.506 e. The number of carbonyl (C=O) groups excluding carboxylic acids is 1. The number of pyridine rings is 1. The molecule has 1 aliphatic carbocycles. The summed E-state index contributed by atoms with van der Waals surface area (Å²) in [6, 6.07) is 1.33. The Balaban J connectivity index is 1.99. The molecule has 0 radical (unpaired) electrons. The first kappa shape index (κ1) is 21.8. The lowest BCUT2D eigenvalue weighted by Crippen LogP contribution is -2.30. The maximum Gasteiger partial charge on any atom is 0.344 e. The number of fused-ring (bicyclic) bond motifs is 1. The Labute approximate surface area is 185 Å². The van der Waals surface area contributed by atoms with Crippen molar-refractivity contribution in [1.82, 2.24) is 4.57 Å². The van der Waals surface area contributed by atoms with Crippen LogP contribution in [0.4, 0.5) is 10.1 Å². The SMILES string of the molecule is CCOC(=O)c1c(O)c2cc(F)c(N3CCC([C@H](C)N)C3)c(OC)c2n(C2CC2)c1=S. The number of aromatic nitrogens is 1. The van der Waals surface area contributed by atoms with Crippen LogP contribution in [-0.2, 0) is 4.74 Å². The molecule has 4 rings (SSSR count). The van der Waals surface area contributed by atoms with Crippen molar-refractivity contribution in [3.63, 3.8) is 0 Å². The number of methoxy groups -OCH3 is 1. The molecule has 2 atom stereocenters. The lowest BCUT2D eigenvalue weighted by Gasteiger charge is -2.26. The van der Waals surface area contributed by atoms with Crippen LogP contribution in [0.15, 0.2) is 6.07 Å². The van der Waals surface area contributed by atoms with E-state index in [1.54, 1.807) is 6.92 Å². The molecular formula is C22H28FN3O4S. The first-order chi connectivity index (χ1) is 14.8. The number of halogens is 1. The van der Waals surface area contributed by atoms with Gasteiger partial charge in [-0.15, -0.1) is 0 Å². The fourth-order valence-electron chi connectivity index (χ4n) is 4.46. The first-order valence-corrected chi connectivity index (χ1v) is 11.1. The highest BCUT2D eigenvalue weighted by Gasteiger charge is 2.35. The second-order valence-corrected chi connectivity index (χ2v) is 8.73. The number of nitrogens with two attached hydrogens (primary N) is 1. The summed E-state index contributed by atoms with van der Waals surface area (Å²) in [4.78, 5) is 14.5. The van der Waals surface area contributed by atoms with E-state index in [2.05, 4.69) is 0 Å². The number of hydrogen-bond donors (Lipinski definition) is 2. The molecule has 0 bridgehead atoms. The summed E-state index contributed by atoms with van der Waals surface area (Å²) >= 11 is 5.61. The second kappa shape index (κ2) is 8.27. The highest BCUT2D eigenvalue weighted by Crippen LogP contribution is 2.48. The predicted molar refractivity (Wildman–Crippen MR) is 119 cm³/mol. The number of aromatic hydroxyl groups is 1. The molecule has 31 heavy (non-hydrogen) atoms. The Morgan fingerprint density at radius 2 is 2.13 bits per heavy atom. The molecular weight excluding hydrogens is 421 g/mol. The van der Waals surface area contributed by atoms with Gasteiger partial charge in [0.05, 0.1) is 19.2 Å². The van der Waals surface area contributed by atoms with E-state index in [4.69, 9.17) is 27.4 Å². The lowest BCUT2D eigenvalue weighted by atomic mass is 10.0. The summed E-state index contributed by atoms with van der Waals surface area (Å²) in [5.41, 5.74) is 6.80. The van der Waals surface area contributed by atoms with Crippen molar-refractivity contribution in [2.24, 2.45) is 11.7 Å². The Bertz CT molecular complexity index is 1100. The van der Waals surface area contributed by atoms with Gasteiger partial charge in [-0.05, 0) is 45.1 Å². The normalized spacial score (nSPS) is 19.6. The molecule has 0 spiro atoms. The number of hydrogen-bond acceptors (Lipinski definition) is 7. The van der Waals surface area contributed by atoms with E-state index < -0.39 is 11.8 Å². The lowest BCUT2D eigenvalue weighted by molar-refractivity contribution is 0.0521. The minimum absolute atomic E-state index is 0.00587. The average molecular weight is 450 g/mol. The van der Waals surface area contributed by atoms with Gasteiger partial charge in [0.15, 0.2) is 11.6 Å². The van der Waals surface area contributed by atoms with Crippen LogP contribution in [0.3, 0.4) is 0 Å². The molecule has 1 aromatic carbocycles. The van der Waals surface area contributed by atoms with Gasteiger partial charge in [0.1, 0.15) is 21.6 Å². The summed E-state index contributed by atoms with van der Waals surface area (Å²) < 4.78 is 28.2. The van der Waals surface area contributed by atoms with Crippen LogP contribution in [-0.4, -0.2) is 48.5 Å². The number of carbonyl (C=O) groups is 1. The highest BCUT2D eigenvalue weighted by atomic mass is 32.1. The van der Waals surface area contributed by atoms with Crippen molar-refractivity contribution in [3.05, 3.63) is 22.1 Å². The first-order valence-electron chi connectivity index (χ1n) is 10.6. The fraction of sp³-hybridized carbons (Fsp3) is 0.545. The Morgan fingerprint density at radius 1 is 1.42 bits per heavy atom. The van der Waals surface area contributed by atoms with E-state index in [0.29, 0.717) is 30.0 Å². The number of anilines is 1. The number of esters is 1. The van der Waals surface area contributed by atoms with Crippen LogP contribution >= 0.6 is 12.2 Å². The van der Waals surface area contributed by atoms with Crippen LogP contribution in [0.25, 0.3) is 10.9 Å². The minimum atomic E-state index is -0.718. The van der Waals surface area contributed by atoms with E-state index in [1.165, 1.54) is 13.2 Å². The average Bonchev–Trinajstić information content (AvgIpc) is 3.43. The molecule has 1 aromatic heterocycles. The van der Waals surface area contributed by atoms with E-state index in [-0.39, 0.29) is 45.9 Å². The van der Waals surface area contributed by atoms with E-state index >= 15 is 4.39 Å². The predicted octanol–water partition coefficient (Wildman–Crippen LogP) is 3.91. The van der Waals surface area contributed by atoms with Crippen molar-refractivity contribution in [1.29, 1.82) is 0 Å². The number of ether oxygens (including phenoxy) is 2.